The Morgan fingerprint density at radius 3 is 2.82 bits per heavy atom. The number of fused-ring (bicyclic) bond motifs is 1. The number of Topliss-reactive ketones (excluding diaryl/α,β-unsaturated/α-hetero) is 1. The number of carbonyl (C=O) groups is 2. The highest BCUT2D eigenvalue weighted by Gasteiger charge is 2.25. The highest BCUT2D eigenvalue weighted by atomic mass is 19.1. The summed E-state index contributed by atoms with van der Waals surface area (Å²) < 4.78 is 21.6. The molecular weight excluding hydrogens is 433 g/mol. The third kappa shape index (κ3) is 4.20. The molecule has 0 saturated carbocycles. The Hall–Kier alpha value is -4.26. The van der Waals surface area contributed by atoms with Crippen LogP contribution in [0.2, 0.25) is 0 Å². The normalized spacial score (nSPS) is 13.8. The number of halogens is 1. The number of nitrogens with one attached hydrogen (secondary N) is 1. The molecule has 2 aromatic heterocycles. The Balaban J connectivity index is 1.36. The quantitative estimate of drug-likeness (QED) is 0.294. The standard InChI is InChI=1S/C27H22FN3O3/c1-31-16-29-15-18(31)5-4-8-25(32)20-6-2-3-7-21(20)26-12-10-19(34-26)14-23-22-13-17(28)9-11-24(22)30-27(23)33/h2-3,6-7,9-16H,4-5,8H2,1H3,(H,30,33)/b23-14+. The molecule has 0 atom stereocenters. The van der Waals surface area contributed by atoms with Gasteiger partial charge in [-0.1, -0.05) is 24.3 Å². The minimum Gasteiger partial charge on any atom is -0.457 e. The van der Waals surface area contributed by atoms with Crippen LogP contribution in [0.1, 0.15) is 40.2 Å². The van der Waals surface area contributed by atoms with E-state index in [4.69, 9.17) is 4.42 Å². The largest absolute Gasteiger partial charge is 0.457 e. The number of nitrogens with zero attached hydrogens (tertiary/aromatic N) is 2. The number of furan rings is 1. The topological polar surface area (TPSA) is 77.1 Å². The van der Waals surface area contributed by atoms with Gasteiger partial charge in [0.1, 0.15) is 17.3 Å². The van der Waals surface area contributed by atoms with Crippen molar-refractivity contribution in [1.29, 1.82) is 0 Å². The molecule has 0 radical (unpaired) electrons. The van der Waals surface area contributed by atoms with E-state index in [1.165, 1.54) is 18.2 Å². The lowest BCUT2D eigenvalue weighted by Crippen LogP contribution is -2.03. The van der Waals surface area contributed by atoms with Gasteiger partial charge in [0.25, 0.3) is 5.91 Å². The molecule has 2 aromatic carbocycles. The number of hydrogen-bond donors (Lipinski definition) is 1. The molecule has 0 saturated heterocycles. The van der Waals surface area contributed by atoms with Gasteiger partial charge in [0.05, 0.1) is 11.9 Å². The molecule has 34 heavy (non-hydrogen) atoms. The molecule has 1 N–H and O–H groups in total. The maximum Gasteiger partial charge on any atom is 0.256 e. The van der Waals surface area contributed by atoms with Crippen LogP contribution in [0.15, 0.2) is 71.5 Å². The highest BCUT2D eigenvalue weighted by molar-refractivity contribution is 6.34. The highest BCUT2D eigenvalue weighted by Crippen LogP contribution is 2.35. The zero-order chi connectivity index (χ0) is 23.7. The van der Waals surface area contributed by atoms with Crippen molar-refractivity contribution < 1.29 is 18.4 Å². The predicted molar refractivity (Wildman–Crippen MR) is 128 cm³/mol. The number of ketones is 1. The third-order valence-electron chi connectivity index (χ3n) is 5.92. The first-order valence-corrected chi connectivity index (χ1v) is 11.0. The van der Waals surface area contributed by atoms with Crippen molar-refractivity contribution in [2.75, 3.05) is 5.32 Å². The molecule has 1 aliphatic rings. The fourth-order valence-electron chi connectivity index (χ4n) is 4.15. The van der Waals surface area contributed by atoms with Crippen molar-refractivity contribution in [3.63, 3.8) is 0 Å². The first-order valence-electron chi connectivity index (χ1n) is 11.0. The fraction of sp³-hybridized carbons (Fsp3) is 0.148. The Morgan fingerprint density at radius 1 is 1.15 bits per heavy atom. The second kappa shape index (κ2) is 8.94. The number of hydrogen-bond acceptors (Lipinski definition) is 4. The van der Waals surface area contributed by atoms with Crippen molar-refractivity contribution in [2.45, 2.75) is 19.3 Å². The molecule has 0 spiro atoms. The average molecular weight is 455 g/mol. The smallest absolute Gasteiger partial charge is 0.256 e. The van der Waals surface area contributed by atoms with E-state index in [1.54, 1.807) is 30.6 Å². The van der Waals surface area contributed by atoms with Crippen LogP contribution in [0, 0.1) is 5.82 Å². The van der Waals surface area contributed by atoms with Gasteiger partial charge in [0, 0.05) is 47.7 Å². The summed E-state index contributed by atoms with van der Waals surface area (Å²) in [5.74, 6) is 0.268. The van der Waals surface area contributed by atoms with Gasteiger partial charge in [0.15, 0.2) is 5.78 Å². The molecule has 0 fully saturated rings. The van der Waals surface area contributed by atoms with E-state index in [2.05, 4.69) is 10.3 Å². The summed E-state index contributed by atoms with van der Waals surface area (Å²) in [4.78, 5) is 29.5. The van der Waals surface area contributed by atoms with E-state index >= 15 is 0 Å². The molecule has 7 heteroatoms. The number of rotatable bonds is 7. The number of anilines is 1. The van der Waals surface area contributed by atoms with E-state index in [0.717, 1.165) is 12.1 Å². The number of carbonyl (C=O) groups excluding carboxylic acids is 2. The lowest BCUT2D eigenvalue weighted by Gasteiger charge is -2.07. The van der Waals surface area contributed by atoms with Gasteiger partial charge >= 0.3 is 0 Å². The number of aromatic nitrogens is 2. The molecule has 0 unspecified atom stereocenters. The minimum absolute atomic E-state index is 0.0358. The predicted octanol–water partition coefficient (Wildman–Crippen LogP) is 5.52. The summed E-state index contributed by atoms with van der Waals surface area (Å²) in [6.07, 6.45) is 7.04. The molecule has 1 amide bonds. The van der Waals surface area contributed by atoms with E-state index < -0.39 is 5.82 Å². The van der Waals surface area contributed by atoms with Crippen LogP contribution in [0.25, 0.3) is 23.0 Å². The molecule has 170 valence electrons. The Kier molecular flexibility index (Phi) is 5.67. The van der Waals surface area contributed by atoms with E-state index in [1.807, 2.05) is 36.0 Å². The summed E-state index contributed by atoms with van der Waals surface area (Å²) in [6, 6.07) is 15.0. The van der Waals surface area contributed by atoms with Crippen LogP contribution in [0.5, 0.6) is 0 Å². The van der Waals surface area contributed by atoms with Crippen LogP contribution in [0.4, 0.5) is 10.1 Å². The molecule has 4 aromatic rings. The number of imidazole rings is 1. The van der Waals surface area contributed by atoms with Crippen molar-refractivity contribution in [3.8, 4) is 11.3 Å². The van der Waals surface area contributed by atoms with Gasteiger partial charge in [-0.25, -0.2) is 9.37 Å². The second-order valence-electron chi connectivity index (χ2n) is 8.22. The average Bonchev–Trinajstić information content (AvgIpc) is 3.54. The maximum absolute atomic E-state index is 13.7. The van der Waals surface area contributed by atoms with Gasteiger partial charge in [-0.2, -0.15) is 0 Å². The Morgan fingerprint density at radius 2 is 2.00 bits per heavy atom. The van der Waals surface area contributed by atoms with Crippen LogP contribution < -0.4 is 5.32 Å². The summed E-state index contributed by atoms with van der Waals surface area (Å²) in [5.41, 5.74) is 3.75. The Bertz CT molecular complexity index is 1430. The van der Waals surface area contributed by atoms with Crippen LogP contribution in [-0.2, 0) is 18.3 Å². The van der Waals surface area contributed by atoms with Crippen molar-refractivity contribution in [1.82, 2.24) is 9.55 Å². The molecule has 3 heterocycles. The molecule has 0 aliphatic carbocycles. The first-order chi connectivity index (χ1) is 16.5. The molecule has 5 rings (SSSR count). The van der Waals surface area contributed by atoms with Gasteiger partial charge < -0.3 is 14.3 Å². The lowest BCUT2D eigenvalue weighted by molar-refractivity contribution is -0.110. The number of amides is 1. The summed E-state index contributed by atoms with van der Waals surface area (Å²) in [6.45, 7) is 0. The summed E-state index contributed by atoms with van der Waals surface area (Å²) >= 11 is 0. The van der Waals surface area contributed by atoms with Gasteiger partial charge in [-0.3, -0.25) is 9.59 Å². The van der Waals surface area contributed by atoms with E-state index in [-0.39, 0.29) is 11.7 Å². The van der Waals surface area contributed by atoms with Crippen LogP contribution in [0.3, 0.4) is 0 Å². The van der Waals surface area contributed by atoms with Crippen molar-refractivity contribution >= 4 is 29.0 Å². The van der Waals surface area contributed by atoms with E-state index in [0.29, 0.717) is 52.3 Å². The third-order valence-corrected chi connectivity index (χ3v) is 5.92. The number of aryl methyl sites for hydroxylation is 2. The summed E-state index contributed by atoms with van der Waals surface area (Å²) in [5, 5.41) is 2.72. The maximum atomic E-state index is 13.7. The zero-order valence-electron chi connectivity index (χ0n) is 18.5. The molecule has 1 aliphatic heterocycles. The molecule has 0 bridgehead atoms. The SMILES string of the molecule is Cn1cncc1CCCC(=O)c1ccccc1-c1ccc(/C=C2/C(=O)Nc3ccc(F)cc32)o1. The van der Waals surface area contributed by atoms with Gasteiger partial charge in [-0.05, 0) is 49.2 Å². The van der Waals surface area contributed by atoms with Crippen molar-refractivity contribution in [2.24, 2.45) is 7.05 Å². The van der Waals surface area contributed by atoms with Gasteiger partial charge in [-0.15, -0.1) is 0 Å². The Labute approximate surface area is 195 Å². The lowest BCUT2D eigenvalue weighted by atomic mass is 9.98. The molecule has 6 nitrogen and oxygen atoms in total. The number of benzene rings is 2. The van der Waals surface area contributed by atoms with E-state index in [9.17, 15) is 14.0 Å². The van der Waals surface area contributed by atoms with Crippen LogP contribution >= 0.6 is 0 Å². The van der Waals surface area contributed by atoms with Gasteiger partial charge in [0.2, 0.25) is 0 Å². The monoisotopic (exact) mass is 455 g/mol. The molecular formula is C27H22FN3O3. The van der Waals surface area contributed by atoms with Crippen molar-refractivity contribution in [3.05, 3.63) is 95.5 Å². The second-order valence-corrected chi connectivity index (χ2v) is 8.22. The summed E-state index contributed by atoms with van der Waals surface area (Å²) in [7, 11) is 1.94. The fourth-order valence-corrected chi connectivity index (χ4v) is 4.15. The zero-order valence-corrected chi connectivity index (χ0v) is 18.5. The van der Waals surface area contributed by atoms with Crippen LogP contribution in [-0.4, -0.2) is 21.2 Å². The first kappa shape index (κ1) is 21.6. The minimum atomic E-state index is -0.419.